The number of benzene rings is 2. The fourth-order valence-corrected chi connectivity index (χ4v) is 12.3. The predicted octanol–water partition coefficient (Wildman–Crippen LogP) is 11.4. The fourth-order valence-electron chi connectivity index (χ4n) is 9.56. The summed E-state index contributed by atoms with van der Waals surface area (Å²) in [5, 5.41) is 0.000783. The molecule has 0 bridgehead atoms. The number of methoxy groups -OCH3 is 1. The zero-order valence-electron chi connectivity index (χ0n) is 32.8. The highest BCUT2D eigenvalue weighted by Gasteiger charge is 2.60. The first-order valence-electron chi connectivity index (χ1n) is 19.5. The summed E-state index contributed by atoms with van der Waals surface area (Å²) in [6.45, 7) is 18.9. The molecular weight excluding hydrogens is 676 g/mol. The molecule has 3 aliphatic carbocycles. The molecule has 3 aliphatic rings. The number of hydrogen-bond acceptors (Lipinski definition) is 7. The number of phosphoric acid groups is 1. The Hall–Kier alpha value is -1.80. The van der Waals surface area contributed by atoms with Crippen LogP contribution in [0.1, 0.15) is 104 Å². The van der Waals surface area contributed by atoms with Gasteiger partial charge in [-0.05, 0) is 115 Å². The van der Waals surface area contributed by atoms with Crippen LogP contribution in [-0.2, 0) is 45.3 Å². The molecule has 9 atom stereocenters. The maximum absolute atomic E-state index is 15.2. The molecule has 0 saturated heterocycles. The van der Waals surface area contributed by atoms with Crippen molar-refractivity contribution in [2.45, 2.75) is 136 Å². The lowest BCUT2D eigenvalue weighted by Crippen LogP contribution is -2.53. The molecule has 0 aromatic heterocycles. The van der Waals surface area contributed by atoms with Crippen molar-refractivity contribution < 1.29 is 32.1 Å². The molecule has 51 heavy (non-hydrogen) atoms. The summed E-state index contributed by atoms with van der Waals surface area (Å²) >= 11 is 0. The minimum Gasteiger partial charge on any atom is -0.469 e. The van der Waals surface area contributed by atoms with Gasteiger partial charge in [0.2, 0.25) is 0 Å². The Balaban J connectivity index is 1.53. The summed E-state index contributed by atoms with van der Waals surface area (Å²) in [5.41, 5.74) is 1.90. The molecule has 7 nitrogen and oxygen atoms in total. The number of carbonyl (C=O) groups is 1. The first kappa shape index (κ1) is 40.4. The van der Waals surface area contributed by atoms with Gasteiger partial charge in [-0.3, -0.25) is 18.4 Å². The van der Waals surface area contributed by atoms with Gasteiger partial charge in [-0.1, -0.05) is 102 Å². The van der Waals surface area contributed by atoms with Crippen molar-refractivity contribution >= 4 is 22.1 Å². The summed E-state index contributed by atoms with van der Waals surface area (Å²) in [6.07, 6.45) is 6.97. The monoisotopic (exact) mass is 740 g/mol. The second-order valence-electron chi connectivity index (χ2n) is 17.7. The van der Waals surface area contributed by atoms with E-state index in [4.69, 9.17) is 22.7 Å². The summed E-state index contributed by atoms with van der Waals surface area (Å²) in [7, 11) is -4.88. The molecule has 0 heterocycles. The molecule has 3 saturated carbocycles. The van der Waals surface area contributed by atoms with Gasteiger partial charge in [-0.25, -0.2) is 4.57 Å². The molecule has 3 fully saturated rings. The first-order chi connectivity index (χ1) is 24.1. The molecule has 0 radical (unpaired) electrons. The van der Waals surface area contributed by atoms with Gasteiger partial charge < -0.3 is 9.16 Å². The van der Waals surface area contributed by atoms with E-state index in [1.54, 1.807) is 0 Å². The molecular formula is C42H65O7PSi. The van der Waals surface area contributed by atoms with Crippen molar-refractivity contribution in [1.82, 2.24) is 0 Å². The summed E-state index contributed by atoms with van der Waals surface area (Å²) < 4.78 is 47.3. The summed E-state index contributed by atoms with van der Waals surface area (Å²) in [4.78, 5) is 12.1. The molecule has 2 aromatic rings. The maximum atomic E-state index is 15.2. The molecule has 5 unspecified atom stereocenters. The highest BCUT2D eigenvalue weighted by molar-refractivity contribution is 7.48. The molecule has 284 valence electrons. The molecule has 9 heteroatoms. The molecule has 0 N–H and O–H groups in total. The van der Waals surface area contributed by atoms with E-state index < -0.39 is 22.2 Å². The van der Waals surface area contributed by atoms with E-state index in [2.05, 4.69) is 54.6 Å². The number of ether oxygens (including phenoxy) is 1. The Labute approximate surface area is 309 Å². The van der Waals surface area contributed by atoms with E-state index in [0.717, 1.165) is 56.1 Å². The van der Waals surface area contributed by atoms with Crippen LogP contribution in [0.5, 0.6) is 0 Å². The van der Waals surface area contributed by atoms with Crippen LogP contribution in [0, 0.1) is 40.9 Å². The Kier molecular flexibility index (Phi) is 13.2. The number of fused-ring (bicyclic) bond motifs is 3. The number of carbonyl (C=O) groups excluding carboxylic acids is 1. The molecule has 5 rings (SSSR count). The van der Waals surface area contributed by atoms with Crippen LogP contribution >= 0.6 is 7.82 Å². The van der Waals surface area contributed by atoms with E-state index in [0.29, 0.717) is 36.0 Å². The Bertz CT molecular complexity index is 1420. The van der Waals surface area contributed by atoms with Gasteiger partial charge >= 0.3 is 13.8 Å². The second-order valence-corrected chi connectivity index (χ2v) is 24.1. The Morgan fingerprint density at radius 1 is 0.922 bits per heavy atom. The van der Waals surface area contributed by atoms with Gasteiger partial charge in [0.25, 0.3) is 0 Å². The maximum Gasteiger partial charge on any atom is 0.475 e. The van der Waals surface area contributed by atoms with E-state index in [-0.39, 0.29) is 41.7 Å². The number of esters is 1. The first-order valence-corrected chi connectivity index (χ1v) is 23.8. The van der Waals surface area contributed by atoms with Crippen LogP contribution in [0.3, 0.4) is 0 Å². The van der Waals surface area contributed by atoms with Crippen LogP contribution in [0.15, 0.2) is 60.7 Å². The average molecular weight is 741 g/mol. The lowest BCUT2D eigenvalue weighted by Gasteiger charge is -2.53. The summed E-state index contributed by atoms with van der Waals surface area (Å²) in [5.74, 6) is 2.17. The third-order valence-corrected chi connectivity index (χ3v) is 19.4. The molecule has 0 amide bonds. The minimum absolute atomic E-state index is 0.000783. The molecule has 0 spiro atoms. The minimum atomic E-state index is -4.10. The van der Waals surface area contributed by atoms with Crippen LogP contribution < -0.4 is 0 Å². The highest BCUT2D eigenvalue weighted by Crippen LogP contribution is 2.66. The van der Waals surface area contributed by atoms with Crippen LogP contribution in [0.25, 0.3) is 0 Å². The number of phosphoric ester groups is 1. The van der Waals surface area contributed by atoms with E-state index in [9.17, 15) is 4.79 Å². The number of hydrogen-bond donors (Lipinski definition) is 0. The Morgan fingerprint density at radius 2 is 1.51 bits per heavy atom. The zero-order valence-corrected chi connectivity index (χ0v) is 34.7. The van der Waals surface area contributed by atoms with Gasteiger partial charge in [0.15, 0.2) is 8.32 Å². The smallest absolute Gasteiger partial charge is 0.469 e. The third kappa shape index (κ3) is 9.47. The van der Waals surface area contributed by atoms with Crippen molar-refractivity contribution in [2.75, 3.05) is 7.11 Å². The Morgan fingerprint density at radius 3 is 2.06 bits per heavy atom. The van der Waals surface area contributed by atoms with Crippen LogP contribution in [0.2, 0.25) is 18.1 Å². The highest BCUT2D eigenvalue weighted by atomic mass is 31.2. The van der Waals surface area contributed by atoms with E-state index in [1.165, 1.54) is 7.11 Å². The van der Waals surface area contributed by atoms with Crippen LogP contribution in [0.4, 0.5) is 0 Å². The van der Waals surface area contributed by atoms with Gasteiger partial charge in [-0.15, -0.1) is 0 Å². The quantitative estimate of drug-likeness (QED) is 0.108. The predicted molar refractivity (Wildman–Crippen MR) is 206 cm³/mol. The fraction of sp³-hybridized carbons (Fsp3) is 0.690. The van der Waals surface area contributed by atoms with Crippen molar-refractivity contribution in [3.8, 4) is 0 Å². The number of rotatable bonds is 14. The topological polar surface area (TPSA) is 80.3 Å². The second kappa shape index (κ2) is 16.7. The van der Waals surface area contributed by atoms with Gasteiger partial charge in [0, 0.05) is 6.42 Å². The standard InChI is InChI=1S/C42H65O7PSi/c1-30-20-24-37(49-51(8,9)41(3,4)5)40(39-34(30)26-27-42(6)35(22-23-36(39)42)31(2)21-25-38(43)45-7)48-50(44,46-28-32-16-12-10-13-17-32)47-29-33-18-14-11-15-19-33/h10-19,30-31,34-37,39-40H,20-29H2,1-9H3/t30?,31-,34-,35?,36+,37?,39?,40-,42?/m1/s1. The van der Waals surface area contributed by atoms with E-state index in [1.807, 2.05) is 60.7 Å². The molecule has 0 aliphatic heterocycles. The van der Waals surface area contributed by atoms with Crippen LogP contribution in [-0.4, -0.2) is 33.6 Å². The third-order valence-electron chi connectivity index (χ3n) is 13.5. The average Bonchev–Trinajstić information content (AvgIpc) is 3.40. The lowest BCUT2D eigenvalue weighted by atomic mass is 9.53. The van der Waals surface area contributed by atoms with Gasteiger partial charge in [0.05, 0.1) is 32.5 Å². The van der Waals surface area contributed by atoms with Crippen molar-refractivity contribution in [3.63, 3.8) is 0 Å². The SMILES string of the molecule is COC(=O)CC[C@@H](C)C1CC[C@H]2C3[C@H](CCC12C)C(C)CCC(O[Si](C)(C)C(C)(C)C)[C@H]3OP(=O)(OCc1ccccc1)OCc1ccccc1. The molecule has 2 aromatic carbocycles. The summed E-state index contributed by atoms with van der Waals surface area (Å²) in [6, 6.07) is 19.7. The van der Waals surface area contributed by atoms with Gasteiger partial charge in [0.1, 0.15) is 0 Å². The van der Waals surface area contributed by atoms with Gasteiger partial charge in [-0.2, -0.15) is 0 Å². The normalized spacial score (nSPS) is 30.6. The zero-order chi connectivity index (χ0) is 37.0. The largest absolute Gasteiger partial charge is 0.475 e. The lowest BCUT2D eigenvalue weighted by molar-refractivity contribution is -0.141. The van der Waals surface area contributed by atoms with Crippen molar-refractivity contribution in [2.24, 2.45) is 40.9 Å². The van der Waals surface area contributed by atoms with E-state index >= 15 is 4.57 Å². The van der Waals surface area contributed by atoms with Crippen molar-refractivity contribution in [1.29, 1.82) is 0 Å². The van der Waals surface area contributed by atoms with Crippen molar-refractivity contribution in [3.05, 3.63) is 71.8 Å².